The Hall–Kier alpha value is -2.29. The Balaban J connectivity index is 1.94. The molecular weight excluding hydrogens is 358 g/mol. The number of likely N-dealkylation sites (tertiary alicyclic amines) is 1. The fourth-order valence-corrected chi connectivity index (χ4v) is 3.33. The summed E-state index contributed by atoms with van der Waals surface area (Å²) in [7, 11) is -1.87. The first-order chi connectivity index (χ1) is 12.1. The zero-order valence-corrected chi connectivity index (χ0v) is 16.0. The molecule has 0 bridgehead atoms. The van der Waals surface area contributed by atoms with Gasteiger partial charge in [0, 0.05) is 26.1 Å². The Labute approximate surface area is 153 Å². The van der Waals surface area contributed by atoms with Gasteiger partial charge in [-0.15, -0.1) is 0 Å². The van der Waals surface area contributed by atoms with Crippen molar-refractivity contribution < 1.29 is 22.7 Å². The number of amides is 2. The summed E-state index contributed by atoms with van der Waals surface area (Å²) in [5.41, 5.74) is 5.81. The number of nitrogens with zero attached hydrogens (tertiary/aromatic N) is 2. The Morgan fingerprint density at radius 1 is 1.23 bits per heavy atom. The third-order valence-electron chi connectivity index (χ3n) is 4.57. The summed E-state index contributed by atoms with van der Waals surface area (Å²) >= 11 is 0. The van der Waals surface area contributed by atoms with Crippen LogP contribution in [0.3, 0.4) is 0 Å². The van der Waals surface area contributed by atoms with Crippen molar-refractivity contribution in [3.63, 3.8) is 0 Å². The van der Waals surface area contributed by atoms with Crippen molar-refractivity contribution in [3.05, 3.63) is 24.3 Å². The number of rotatable bonds is 6. The van der Waals surface area contributed by atoms with E-state index in [-0.39, 0.29) is 17.7 Å². The van der Waals surface area contributed by atoms with E-state index in [1.165, 1.54) is 7.05 Å². The van der Waals surface area contributed by atoms with Gasteiger partial charge in [-0.2, -0.15) is 0 Å². The average Bonchev–Trinajstić information content (AvgIpc) is 2.60. The van der Waals surface area contributed by atoms with Crippen LogP contribution in [0.2, 0.25) is 0 Å². The van der Waals surface area contributed by atoms with Crippen LogP contribution in [-0.4, -0.2) is 57.6 Å². The van der Waals surface area contributed by atoms with Crippen LogP contribution in [-0.2, 0) is 19.6 Å². The molecule has 2 N–H and O–H groups in total. The van der Waals surface area contributed by atoms with Gasteiger partial charge in [0.1, 0.15) is 5.75 Å². The molecule has 1 aliphatic rings. The van der Waals surface area contributed by atoms with Crippen LogP contribution >= 0.6 is 0 Å². The lowest BCUT2D eigenvalue weighted by Crippen LogP contribution is -2.46. The summed E-state index contributed by atoms with van der Waals surface area (Å²) in [4.78, 5) is 25.4. The normalized spacial score (nSPS) is 16.8. The summed E-state index contributed by atoms with van der Waals surface area (Å²) in [6.07, 6.45) is 1.58. The lowest BCUT2D eigenvalue weighted by Gasteiger charge is -2.32. The van der Waals surface area contributed by atoms with Crippen LogP contribution in [0.4, 0.5) is 5.69 Å². The van der Waals surface area contributed by atoms with Crippen molar-refractivity contribution in [2.24, 2.45) is 11.7 Å². The van der Waals surface area contributed by atoms with Gasteiger partial charge in [-0.05, 0) is 44.0 Å². The van der Waals surface area contributed by atoms with E-state index in [4.69, 9.17) is 10.5 Å². The molecule has 9 heteroatoms. The number of anilines is 1. The van der Waals surface area contributed by atoms with Crippen molar-refractivity contribution in [2.75, 3.05) is 30.7 Å². The summed E-state index contributed by atoms with van der Waals surface area (Å²) in [5, 5.41) is 0. The van der Waals surface area contributed by atoms with Crippen molar-refractivity contribution in [1.82, 2.24) is 4.90 Å². The third-order valence-corrected chi connectivity index (χ3v) is 5.77. The van der Waals surface area contributed by atoms with Gasteiger partial charge in [-0.25, -0.2) is 8.42 Å². The highest BCUT2D eigenvalue weighted by Gasteiger charge is 2.29. The van der Waals surface area contributed by atoms with E-state index in [0.29, 0.717) is 37.4 Å². The molecule has 1 atom stereocenters. The molecule has 0 radical (unpaired) electrons. The number of nitrogens with two attached hydrogens (primary N) is 1. The molecule has 0 aliphatic carbocycles. The molecule has 8 nitrogen and oxygen atoms in total. The van der Waals surface area contributed by atoms with Gasteiger partial charge in [0.15, 0.2) is 6.10 Å². The van der Waals surface area contributed by atoms with E-state index in [1.54, 1.807) is 36.1 Å². The van der Waals surface area contributed by atoms with Gasteiger partial charge >= 0.3 is 0 Å². The number of ether oxygens (including phenoxy) is 1. The summed E-state index contributed by atoms with van der Waals surface area (Å²) < 4.78 is 29.9. The third kappa shape index (κ3) is 4.87. The minimum Gasteiger partial charge on any atom is -0.481 e. The second-order valence-electron chi connectivity index (χ2n) is 6.49. The quantitative estimate of drug-likeness (QED) is 0.772. The van der Waals surface area contributed by atoms with Gasteiger partial charge < -0.3 is 15.4 Å². The Morgan fingerprint density at radius 2 is 1.77 bits per heavy atom. The maximum atomic E-state index is 12.5. The highest BCUT2D eigenvalue weighted by Crippen LogP contribution is 2.22. The van der Waals surface area contributed by atoms with Crippen LogP contribution < -0.4 is 14.8 Å². The average molecular weight is 383 g/mol. The van der Waals surface area contributed by atoms with Crippen molar-refractivity contribution in [2.45, 2.75) is 25.9 Å². The second-order valence-corrected chi connectivity index (χ2v) is 8.50. The van der Waals surface area contributed by atoms with Gasteiger partial charge in [0.05, 0.1) is 11.9 Å². The molecule has 1 aromatic carbocycles. The Morgan fingerprint density at radius 3 is 2.23 bits per heavy atom. The maximum Gasteiger partial charge on any atom is 0.263 e. The lowest BCUT2D eigenvalue weighted by atomic mass is 9.96. The predicted molar refractivity (Wildman–Crippen MR) is 98.3 cm³/mol. The van der Waals surface area contributed by atoms with E-state index in [2.05, 4.69) is 0 Å². The number of hydrogen-bond acceptors (Lipinski definition) is 5. The predicted octanol–water partition coefficient (Wildman–Crippen LogP) is 0.574. The van der Waals surface area contributed by atoms with Crippen LogP contribution in [0.25, 0.3) is 0 Å². The summed E-state index contributed by atoms with van der Waals surface area (Å²) in [6.45, 7) is 2.63. The van der Waals surface area contributed by atoms with Gasteiger partial charge in [0.2, 0.25) is 15.9 Å². The topological polar surface area (TPSA) is 110 Å². The molecule has 1 heterocycles. The monoisotopic (exact) mass is 383 g/mol. The SMILES string of the molecule is C[C@@H](Oc1ccc(N(C)S(C)(=O)=O)cc1)C(=O)N1CCC(C(N)=O)CC1. The fourth-order valence-electron chi connectivity index (χ4n) is 2.82. The minimum atomic E-state index is -3.33. The zero-order chi connectivity index (χ0) is 19.5. The second kappa shape index (κ2) is 7.94. The molecule has 1 saturated heterocycles. The molecule has 0 unspecified atom stereocenters. The van der Waals surface area contributed by atoms with E-state index in [0.717, 1.165) is 10.6 Å². The number of carbonyl (C=O) groups excluding carboxylic acids is 2. The number of carbonyl (C=O) groups is 2. The highest BCUT2D eigenvalue weighted by atomic mass is 32.2. The zero-order valence-electron chi connectivity index (χ0n) is 15.2. The summed E-state index contributed by atoms with van der Waals surface area (Å²) in [6, 6.07) is 6.48. The molecule has 1 aliphatic heterocycles. The molecule has 0 aromatic heterocycles. The van der Waals surface area contributed by atoms with E-state index < -0.39 is 16.1 Å². The molecule has 1 fully saturated rings. The minimum absolute atomic E-state index is 0.148. The number of primary amides is 1. The number of sulfonamides is 1. The van der Waals surface area contributed by atoms with Crippen LogP contribution in [0, 0.1) is 5.92 Å². The molecule has 1 aromatic rings. The van der Waals surface area contributed by atoms with Gasteiger partial charge in [-0.3, -0.25) is 13.9 Å². The fraction of sp³-hybridized carbons (Fsp3) is 0.529. The van der Waals surface area contributed by atoms with E-state index in [9.17, 15) is 18.0 Å². The number of hydrogen-bond donors (Lipinski definition) is 1. The first-order valence-electron chi connectivity index (χ1n) is 8.38. The van der Waals surface area contributed by atoms with Gasteiger partial charge in [-0.1, -0.05) is 0 Å². The molecule has 2 amide bonds. The maximum absolute atomic E-state index is 12.5. The van der Waals surface area contributed by atoms with Crippen molar-refractivity contribution >= 4 is 27.5 Å². The molecular formula is C17H25N3O5S. The first-order valence-corrected chi connectivity index (χ1v) is 10.2. The standard InChI is InChI=1S/C17H25N3O5S/c1-12(17(22)20-10-8-13(9-11-20)16(18)21)25-15-6-4-14(5-7-15)19(2)26(3,23)24/h4-7,12-13H,8-11H2,1-3H3,(H2,18,21)/t12-/m1/s1. The number of benzene rings is 1. The van der Waals surface area contributed by atoms with Gasteiger partial charge in [0.25, 0.3) is 5.91 Å². The summed E-state index contributed by atoms with van der Waals surface area (Å²) in [5.74, 6) is -0.163. The molecule has 26 heavy (non-hydrogen) atoms. The van der Waals surface area contributed by atoms with Crippen LogP contribution in [0.1, 0.15) is 19.8 Å². The van der Waals surface area contributed by atoms with Crippen LogP contribution in [0.5, 0.6) is 5.75 Å². The first kappa shape index (κ1) is 20.0. The Kier molecular flexibility index (Phi) is 6.12. The van der Waals surface area contributed by atoms with Crippen molar-refractivity contribution in [3.8, 4) is 5.75 Å². The van der Waals surface area contributed by atoms with E-state index in [1.807, 2.05) is 0 Å². The molecule has 0 saturated carbocycles. The molecule has 2 rings (SSSR count). The smallest absolute Gasteiger partial charge is 0.263 e. The lowest BCUT2D eigenvalue weighted by molar-refractivity contribution is -0.140. The largest absolute Gasteiger partial charge is 0.481 e. The molecule has 0 spiro atoms. The van der Waals surface area contributed by atoms with E-state index >= 15 is 0 Å². The van der Waals surface area contributed by atoms with Crippen LogP contribution in [0.15, 0.2) is 24.3 Å². The Bertz CT molecular complexity index is 755. The number of piperidine rings is 1. The molecule has 144 valence electrons. The highest BCUT2D eigenvalue weighted by molar-refractivity contribution is 7.92. The van der Waals surface area contributed by atoms with Crippen molar-refractivity contribution in [1.29, 1.82) is 0 Å².